The van der Waals surface area contributed by atoms with Crippen molar-refractivity contribution in [1.82, 2.24) is 9.97 Å². The first-order chi connectivity index (χ1) is 25.3. The maximum absolute atomic E-state index is 6.36. The first-order valence-electron chi connectivity index (χ1n) is 17.2. The summed E-state index contributed by atoms with van der Waals surface area (Å²) in [5.74, 6) is 1.24. The molecular weight excluding hydrogens is 639 g/mol. The van der Waals surface area contributed by atoms with Crippen molar-refractivity contribution in [3.63, 3.8) is 0 Å². The number of hydrogen-bond acceptors (Lipinski definition) is 4. The molecule has 3 heterocycles. The minimum absolute atomic E-state index is 0.533. The molecule has 0 saturated carbocycles. The normalized spacial score (nSPS) is 12.8. The second-order valence-corrected chi connectivity index (χ2v) is 16.3. The molecule has 242 valence electrons. The lowest BCUT2D eigenvalue weighted by molar-refractivity contribution is 0.464. The Morgan fingerprint density at radius 3 is 1.82 bits per heavy atom. The fourth-order valence-electron chi connectivity index (χ4n) is 7.48. The highest BCUT2D eigenvalue weighted by Gasteiger charge is 2.48. The van der Waals surface area contributed by atoms with E-state index in [2.05, 4.69) is 149 Å². The van der Waals surface area contributed by atoms with E-state index in [1.807, 2.05) is 54.6 Å². The number of benzene rings is 6. The Morgan fingerprint density at radius 1 is 0.451 bits per heavy atom. The number of para-hydroxylation sites is 2. The van der Waals surface area contributed by atoms with Crippen LogP contribution in [-0.4, -0.2) is 18.0 Å². The zero-order valence-corrected chi connectivity index (χ0v) is 28.8. The summed E-state index contributed by atoms with van der Waals surface area (Å²) >= 11 is 0. The molecule has 2 aromatic heterocycles. The second-order valence-electron chi connectivity index (χ2n) is 12.6. The lowest BCUT2D eigenvalue weighted by atomic mass is 10.1. The summed E-state index contributed by atoms with van der Waals surface area (Å²) < 4.78 is 6.36. The molecule has 0 fully saturated rings. The lowest BCUT2D eigenvalue weighted by Gasteiger charge is -2.45. The minimum atomic E-state index is -2.76. The van der Waals surface area contributed by atoms with Crippen LogP contribution >= 0.6 is 0 Å². The Morgan fingerprint density at radius 2 is 1.08 bits per heavy atom. The zero-order valence-electron chi connectivity index (χ0n) is 27.8. The molecule has 0 aliphatic carbocycles. The zero-order chi connectivity index (χ0) is 34.0. The van der Waals surface area contributed by atoms with Crippen LogP contribution < -0.4 is 30.4 Å². The Bertz CT molecular complexity index is 2420. The Labute approximate surface area is 299 Å². The van der Waals surface area contributed by atoms with Crippen molar-refractivity contribution in [3.8, 4) is 34.1 Å². The third kappa shape index (κ3) is 5.41. The number of pyridine rings is 2. The van der Waals surface area contributed by atoms with Crippen molar-refractivity contribution in [2.75, 3.05) is 4.90 Å². The van der Waals surface area contributed by atoms with Crippen molar-refractivity contribution in [2.45, 2.75) is 0 Å². The highest BCUT2D eigenvalue weighted by molar-refractivity contribution is 7.21. The molecule has 0 atom stereocenters. The molecule has 0 bridgehead atoms. The van der Waals surface area contributed by atoms with Crippen molar-refractivity contribution in [2.24, 2.45) is 0 Å². The van der Waals surface area contributed by atoms with Crippen LogP contribution in [0, 0.1) is 0 Å². The predicted octanol–water partition coefficient (Wildman–Crippen LogP) is 8.76. The van der Waals surface area contributed by atoms with Gasteiger partial charge in [-0.15, -0.1) is 0 Å². The van der Waals surface area contributed by atoms with Crippen molar-refractivity contribution < 1.29 is 4.74 Å². The van der Waals surface area contributed by atoms with E-state index in [0.29, 0.717) is 11.6 Å². The second kappa shape index (κ2) is 13.0. The molecule has 8 aromatic rings. The van der Waals surface area contributed by atoms with Gasteiger partial charge in [-0.1, -0.05) is 133 Å². The Balaban J connectivity index is 1.21. The molecule has 0 saturated heterocycles. The van der Waals surface area contributed by atoms with Crippen LogP contribution in [0.2, 0.25) is 0 Å². The Hall–Kier alpha value is -6.56. The molecule has 0 radical (unpaired) electrons. The predicted molar refractivity (Wildman–Crippen MR) is 211 cm³/mol. The van der Waals surface area contributed by atoms with Gasteiger partial charge in [0.2, 0.25) is 5.88 Å². The third-order valence-electron chi connectivity index (χ3n) is 9.66. The van der Waals surface area contributed by atoms with Gasteiger partial charge in [0.25, 0.3) is 0 Å². The van der Waals surface area contributed by atoms with Crippen molar-refractivity contribution in [1.29, 1.82) is 0 Å². The van der Waals surface area contributed by atoms with Crippen LogP contribution in [0.3, 0.4) is 0 Å². The van der Waals surface area contributed by atoms with Crippen LogP contribution in [0.1, 0.15) is 0 Å². The van der Waals surface area contributed by atoms with E-state index in [4.69, 9.17) is 9.72 Å². The molecule has 1 aliphatic rings. The minimum Gasteiger partial charge on any atom is -0.439 e. The van der Waals surface area contributed by atoms with E-state index in [1.54, 1.807) is 6.20 Å². The van der Waals surface area contributed by atoms with Crippen LogP contribution in [0.4, 0.5) is 17.1 Å². The molecule has 51 heavy (non-hydrogen) atoms. The first kappa shape index (κ1) is 30.5. The molecule has 6 aromatic carbocycles. The van der Waals surface area contributed by atoms with Gasteiger partial charge in [-0.05, 0) is 75.3 Å². The van der Waals surface area contributed by atoms with E-state index in [9.17, 15) is 0 Å². The molecule has 0 unspecified atom stereocenters. The van der Waals surface area contributed by atoms with Crippen molar-refractivity contribution in [3.05, 3.63) is 200 Å². The fraction of sp³-hybridized carbons (Fsp3) is 0. The summed E-state index contributed by atoms with van der Waals surface area (Å²) in [6.07, 6.45) is 1.80. The number of hydrogen-bond donors (Lipinski definition) is 0. The van der Waals surface area contributed by atoms with Gasteiger partial charge in [-0.25, -0.2) is 4.98 Å². The molecule has 9 rings (SSSR count). The molecule has 4 nitrogen and oxygen atoms in total. The van der Waals surface area contributed by atoms with Gasteiger partial charge < -0.3 is 9.64 Å². The van der Waals surface area contributed by atoms with E-state index in [1.165, 1.54) is 26.4 Å². The number of fused-ring (bicyclic) bond motifs is 2. The maximum atomic E-state index is 6.36. The van der Waals surface area contributed by atoms with E-state index in [-0.39, 0.29) is 0 Å². The summed E-state index contributed by atoms with van der Waals surface area (Å²) in [6, 6.07) is 68.6. The third-order valence-corrected chi connectivity index (χ3v) is 14.5. The summed E-state index contributed by atoms with van der Waals surface area (Å²) in [6.45, 7) is 0. The monoisotopic (exact) mass is 671 g/mol. The first-order valence-corrected chi connectivity index (χ1v) is 19.2. The summed E-state index contributed by atoms with van der Waals surface area (Å²) in [7, 11) is -2.76. The number of nitrogens with zero attached hydrogens (tertiary/aromatic N) is 3. The average molecular weight is 672 g/mol. The fourth-order valence-corrected chi connectivity index (χ4v) is 12.6. The van der Waals surface area contributed by atoms with Crippen LogP contribution in [0.25, 0.3) is 22.5 Å². The van der Waals surface area contributed by atoms with Gasteiger partial charge in [-0.3, -0.25) is 4.98 Å². The number of anilines is 3. The van der Waals surface area contributed by atoms with Crippen molar-refractivity contribution >= 4 is 45.9 Å². The smallest absolute Gasteiger partial charge is 0.219 e. The lowest BCUT2D eigenvalue weighted by Crippen LogP contribution is -2.77. The maximum Gasteiger partial charge on any atom is 0.219 e. The summed E-state index contributed by atoms with van der Waals surface area (Å²) in [4.78, 5) is 12.0. The standard InChI is InChI=1S/C46H33N3OSi/c1-4-17-36(18-5-1)49-42-26-10-11-27-44(42)51(38-20-6-2-7-21-38,39-22-8-3-9-23-39)45-30-29-35(33-43(45)49)41-25-15-28-46(48-41)50-37-19-14-16-34(32-37)40-24-12-13-31-47-40/h1-33H. The van der Waals surface area contributed by atoms with Gasteiger partial charge in [0.15, 0.2) is 8.07 Å². The number of aromatic nitrogens is 2. The number of rotatable bonds is 7. The van der Waals surface area contributed by atoms with Gasteiger partial charge in [0.1, 0.15) is 5.75 Å². The van der Waals surface area contributed by atoms with E-state index in [0.717, 1.165) is 33.9 Å². The molecule has 1 aliphatic heterocycles. The summed E-state index contributed by atoms with van der Waals surface area (Å²) in [5, 5.41) is 5.41. The van der Waals surface area contributed by atoms with Crippen LogP contribution in [0.15, 0.2) is 200 Å². The van der Waals surface area contributed by atoms with Gasteiger partial charge in [-0.2, -0.15) is 0 Å². The van der Waals surface area contributed by atoms with Gasteiger partial charge in [0, 0.05) is 40.5 Å². The molecule has 0 spiro atoms. The van der Waals surface area contributed by atoms with E-state index >= 15 is 0 Å². The molecule has 0 amide bonds. The highest BCUT2D eigenvalue weighted by Crippen LogP contribution is 2.40. The molecular formula is C46H33N3OSi. The Kier molecular flexibility index (Phi) is 7.80. The van der Waals surface area contributed by atoms with Crippen LogP contribution in [0.5, 0.6) is 11.6 Å². The van der Waals surface area contributed by atoms with E-state index < -0.39 is 8.07 Å². The number of ether oxygens (including phenoxy) is 1. The topological polar surface area (TPSA) is 38.2 Å². The quantitative estimate of drug-likeness (QED) is 0.159. The average Bonchev–Trinajstić information content (AvgIpc) is 3.21. The van der Waals surface area contributed by atoms with Gasteiger partial charge in [0.05, 0.1) is 11.4 Å². The largest absolute Gasteiger partial charge is 0.439 e. The van der Waals surface area contributed by atoms with Crippen LogP contribution in [-0.2, 0) is 0 Å². The summed E-state index contributed by atoms with van der Waals surface area (Å²) in [5.41, 5.74) is 7.22. The van der Waals surface area contributed by atoms with Gasteiger partial charge >= 0.3 is 0 Å². The molecule has 0 N–H and O–H groups in total. The highest BCUT2D eigenvalue weighted by atomic mass is 28.3. The SMILES string of the molecule is c1ccc(N2c3ccccc3[Si](c3ccccc3)(c3ccccc3)c3ccc(-c4cccc(Oc5cccc(-c6ccccn6)c5)n4)cc32)cc1. The molecule has 5 heteroatoms.